The van der Waals surface area contributed by atoms with E-state index in [9.17, 15) is 9.59 Å². The molecule has 3 atom stereocenters. The number of halogens is 1. The molecule has 0 bridgehead atoms. The van der Waals surface area contributed by atoms with Gasteiger partial charge < -0.3 is 15.4 Å². The summed E-state index contributed by atoms with van der Waals surface area (Å²) in [6, 6.07) is 5.66. The maximum atomic E-state index is 11.6. The largest absolute Gasteiger partial charge is 0.374 e. The van der Waals surface area contributed by atoms with Gasteiger partial charge in [-0.05, 0) is 37.5 Å². The first-order valence-corrected chi connectivity index (χ1v) is 7.97. The van der Waals surface area contributed by atoms with E-state index in [4.69, 9.17) is 4.74 Å². The van der Waals surface area contributed by atoms with Crippen LogP contribution in [0.5, 0.6) is 0 Å². The molecule has 1 aromatic carbocycles. The van der Waals surface area contributed by atoms with Crippen LogP contribution in [0.2, 0.25) is 0 Å². The Bertz CT molecular complexity index is 590. The molecule has 2 aliphatic heterocycles. The predicted octanol–water partition coefficient (Wildman–Crippen LogP) is 2.97. The highest BCUT2D eigenvalue weighted by molar-refractivity contribution is 9.09. The van der Waals surface area contributed by atoms with Crippen molar-refractivity contribution in [3.8, 4) is 0 Å². The number of anilines is 2. The number of hydrogen-bond acceptors (Lipinski definition) is 3. The Kier molecular flexibility index (Phi) is 3.99. The molecule has 2 amide bonds. The van der Waals surface area contributed by atoms with E-state index in [1.54, 1.807) is 0 Å². The minimum atomic E-state index is -0.291. The monoisotopic (exact) mass is 352 g/mol. The fraction of sp³-hybridized carbons (Fsp3) is 0.467. The van der Waals surface area contributed by atoms with Crippen LogP contribution in [0.25, 0.3) is 0 Å². The Morgan fingerprint density at radius 2 is 1.90 bits per heavy atom. The Labute approximate surface area is 131 Å². The average Bonchev–Trinajstić information content (AvgIpc) is 2.79. The highest BCUT2D eigenvalue weighted by Crippen LogP contribution is 2.38. The third kappa shape index (κ3) is 3.11. The summed E-state index contributed by atoms with van der Waals surface area (Å²) in [6.07, 6.45) is 2.34. The van der Waals surface area contributed by atoms with Gasteiger partial charge in [-0.25, -0.2) is 0 Å². The summed E-state index contributed by atoms with van der Waals surface area (Å²) in [7, 11) is 0. The molecule has 1 aromatic rings. The maximum absolute atomic E-state index is 11.6. The van der Waals surface area contributed by atoms with Crippen molar-refractivity contribution in [1.29, 1.82) is 0 Å². The number of rotatable bonds is 2. The molecule has 0 aliphatic carbocycles. The summed E-state index contributed by atoms with van der Waals surface area (Å²) in [4.78, 5) is 23.2. The minimum Gasteiger partial charge on any atom is -0.374 e. The first-order chi connectivity index (χ1) is 10.0. The standard InChI is InChI=1S/C15H17BrN2O3/c1-8-2-5-12(21-8)15(16)9-3-4-10-11(6-9)18-14(20)7-13(19)17-10/h3-4,6,8,12,15H,2,5,7H2,1H3,(H,17,19)(H,18,20). The van der Waals surface area contributed by atoms with Crippen LogP contribution in [0.15, 0.2) is 18.2 Å². The van der Waals surface area contributed by atoms with E-state index in [1.165, 1.54) is 0 Å². The number of benzene rings is 1. The molecule has 0 radical (unpaired) electrons. The molecule has 21 heavy (non-hydrogen) atoms. The van der Waals surface area contributed by atoms with Crippen molar-refractivity contribution >= 4 is 39.1 Å². The number of alkyl halides is 1. The van der Waals surface area contributed by atoms with Gasteiger partial charge >= 0.3 is 0 Å². The zero-order chi connectivity index (χ0) is 15.0. The molecular weight excluding hydrogens is 336 g/mol. The lowest BCUT2D eigenvalue weighted by Crippen LogP contribution is -2.16. The Morgan fingerprint density at radius 1 is 1.19 bits per heavy atom. The second kappa shape index (κ2) is 5.77. The van der Waals surface area contributed by atoms with Crippen molar-refractivity contribution in [3.05, 3.63) is 23.8 Å². The van der Waals surface area contributed by atoms with Gasteiger partial charge in [0.1, 0.15) is 6.42 Å². The first-order valence-electron chi connectivity index (χ1n) is 7.06. The van der Waals surface area contributed by atoms with Crippen molar-refractivity contribution in [2.24, 2.45) is 0 Å². The van der Waals surface area contributed by atoms with Gasteiger partial charge in [0, 0.05) is 0 Å². The van der Waals surface area contributed by atoms with E-state index < -0.39 is 0 Å². The van der Waals surface area contributed by atoms with Crippen LogP contribution in [0.1, 0.15) is 36.6 Å². The molecular formula is C15H17BrN2O3. The van der Waals surface area contributed by atoms with Gasteiger partial charge in [-0.3, -0.25) is 9.59 Å². The first kappa shape index (κ1) is 14.5. The van der Waals surface area contributed by atoms with Crippen LogP contribution < -0.4 is 10.6 Å². The summed E-state index contributed by atoms with van der Waals surface area (Å²) in [5.41, 5.74) is 2.30. The van der Waals surface area contributed by atoms with Crippen molar-refractivity contribution in [2.75, 3.05) is 10.6 Å². The molecule has 3 unspecified atom stereocenters. The topological polar surface area (TPSA) is 67.4 Å². The summed E-state index contributed by atoms with van der Waals surface area (Å²) in [5.74, 6) is -0.581. The quantitative estimate of drug-likeness (QED) is 0.635. The second-order valence-corrected chi connectivity index (χ2v) is 6.53. The van der Waals surface area contributed by atoms with E-state index in [0.717, 1.165) is 18.4 Å². The molecule has 2 N–H and O–H groups in total. The molecule has 0 saturated carbocycles. The van der Waals surface area contributed by atoms with Crippen LogP contribution >= 0.6 is 15.9 Å². The number of carbonyl (C=O) groups excluding carboxylic acids is 2. The third-order valence-electron chi connectivity index (χ3n) is 3.82. The lowest BCUT2D eigenvalue weighted by molar-refractivity contribution is -0.123. The normalized spacial score (nSPS) is 26.6. The Hall–Kier alpha value is -1.40. The van der Waals surface area contributed by atoms with Gasteiger partial charge in [-0.1, -0.05) is 22.0 Å². The molecule has 0 aromatic heterocycles. The van der Waals surface area contributed by atoms with Gasteiger partial charge in [0.25, 0.3) is 0 Å². The van der Waals surface area contributed by atoms with Crippen molar-refractivity contribution in [3.63, 3.8) is 0 Å². The van der Waals surface area contributed by atoms with Gasteiger partial charge in [-0.2, -0.15) is 0 Å². The number of nitrogens with one attached hydrogen (secondary N) is 2. The molecule has 3 rings (SSSR count). The highest BCUT2D eigenvalue weighted by atomic mass is 79.9. The van der Waals surface area contributed by atoms with E-state index in [1.807, 2.05) is 18.2 Å². The van der Waals surface area contributed by atoms with Crippen LogP contribution in [0, 0.1) is 0 Å². The van der Waals surface area contributed by atoms with Gasteiger partial charge in [0.2, 0.25) is 11.8 Å². The zero-order valence-corrected chi connectivity index (χ0v) is 13.3. The SMILES string of the molecule is CC1CCC(C(Br)c2ccc3c(c2)NC(=O)CC(=O)N3)O1. The molecule has 1 saturated heterocycles. The fourth-order valence-corrected chi connectivity index (χ4v) is 3.42. The predicted molar refractivity (Wildman–Crippen MR) is 83.6 cm³/mol. The average molecular weight is 353 g/mol. The summed E-state index contributed by atoms with van der Waals surface area (Å²) in [6.45, 7) is 2.08. The lowest BCUT2D eigenvalue weighted by atomic mass is 10.0. The number of hydrogen-bond donors (Lipinski definition) is 2. The van der Waals surface area contributed by atoms with Gasteiger partial charge in [-0.15, -0.1) is 0 Å². The number of fused-ring (bicyclic) bond motifs is 1. The minimum absolute atomic E-state index is 0.0728. The zero-order valence-electron chi connectivity index (χ0n) is 11.7. The van der Waals surface area contributed by atoms with Crippen LogP contribution in [-0.2, 0) is 14.3 Å². The molecule has 2 heterocycles. The second-order valence-electron chi connectivity index (χ2n) is 5.54. The van der Waals surface area contributed by atoms with E-state index >= 15 is 0 Å². The Morgan fingerprint density at radius 3 is 2.57 bits per heavy atom. The fourth-order valence-electron chi connectivity index (χ4n) is 2.74. The molecule has 0 spiro atoms. The number of amides is 2. The van der Waals surface area contributed by atoms with Crippen LogP contribution in [0.3, 0.4) is 0 Å². The molecule has 1 fully saturated rings. The van der Waals surface area contributed by atoms with E-state index in [-0.39, 0.29) is 35.3 Å². The van der Waals surface area contributed by atoms with Crippen molar-refractivity contribution in [2.45, 2.75) is 43.2 Å². The molecule has 5 nitrogen and oxygen atoms in total. The van der Waals surface area contributed by atoms with Gasteiger partial charge in [0.15, 0.2) is 0 Å². The maximum Gasteiger partial charge on any atom is 0.233 e. The number of ether oxygens (including phenoxy) is 1. The molecule has 6 heteroatoms. The van der Waals surface area contributed by atoms with E-state index in [2.05, 4.69) is 33.5 Å². The Balaban J connectivity index is 1.85. The molecule has 2 aliphatic rings. The summed E-state index contributed by atoms with van der Waals surface area (Å²) in [5, 5.41) is 5.49. The highest BCUT2D eigenvalue weighted by Gasteiger charge is 2.29. The van der Waals surface area contributed by atoms with Crippen molar-refractivity contribution in [1.82, 2.24) is 0 Å². The van der Waals surface area contributed by atoms with Gasteiger partial charge in [0.05, 0.1) is 28.4 Å². The number of carbonyl (C=O) groups is 2. The smallest absolute Gasteiger partial charge is 0.233 e. The summed E-state index contributed by atoms with van der Waals surface area (Å²) >= 11 is 3.69. The molecule has 112 valence electrons. The van der Waals surface area contributed by atoms with Crippen LogP contribution in [0.4, 0.5) is 11.4 Å². The van der Waals surface area contributed by atoms with Crippen molar-refractivity contribution < 1.29 is 14.3 Å². The van der Waals surface area contributed by atoms with Crippen LogP contribution in [-0.4, -0.2) is 24.0 Å². The third-order valence-corrected chi connectivity index (χ3v) is 4.94. The van der Waals surface area contributed by atoms with E-state index in [0.29, 0.717) is 11.4 Å². The lowest BCUT2D eigenvalue weighted by Gasteiger charge is -2.19. The summed E-state index contributed by atoms with van der Waals surface area (Å²) < 4.78 is 5.88.